The van der Waals surface area contributed by atoms with Gasteiger partial charge in [-0.3, -0.25) is 9.59 Å². The lowest BCUT2D eigenvalue weighted by atomic mass is 10.1. The molecule has 0 aliphatic heterocycles. The summed E-state index contributed by atoms with van der Waals surface area (Å²) in [7, 11) is 0. The summed E-state index contributed by atoms with van der Waals surface area (Å²) in [5.41, 5.74) is 1.21. The first-order valence-electron chi connectivity index (χ1n) is 7.87. The summed E-state index contributed by atoms with van der Waals surface area (Å²) >= 11 is 0. The Morgan fingerprint density at radius 1 is 1.19 bits per heavy atom. The Kier molecular flexibility index (Phi) is 5.60. The van der Waals surface area contributed by atoms with E-state index in [1.54, 1.807) is 6.92 Å². The highest BCUT2D eigenvalue weighted by atomic mass is 16.2. The van der Waals surface area contributed by atoms with E-state index in [2.05, 4.69) is 30.6 Å². The van der Waals surface area contributed by atoms with Gasteiger partial charge in [0, 0.05) is 6.04 Å². The maximum Gasteiger partial charge on any atom is 0.242 e. The fraction of sp³-hybridized carbons (Fsp3) is 0.765. The van der Waals surface area contributed by atoms with Crippen LogP contribution >= 0.6 is 0 Å². The van der Waals surface area contributed by atoms with Crippen LogP contribution in [0.1, 0.15) is 54.9 Å². The molecule has 4 atom stereocenters. The van der Waals surface area contributed by atoms with Crippen molar-refractivity contribution in [3.63, 3.8) is 0 Å². The van der Waals surface area contributed by atoms with Crippen molar-refractivity contribution in [1.82, 2.24) is 10.6 Å². The maximum atomic E-state index is 12.4. The molecule has 4 heteroatoms. The van der Waals surface area contributed by atoms with E-state index in [4.69, 9.17) is 0 Å². The Bertz CT molecular complexity index is 436. The molecule has 0 aromatic carbocycles. The SMILES string of the molecule is CC[C@H](C)NC(=O)[C@H](C)NC(=O)[C@@H]1[C@@H](C=C(C)C)C1(C)C. The van der Waals surface area contributed by atoms with Gasteiger partial charge in [-0.2, -0.15) is 0 Å². The zero-order valence-electron chi connectivity index (χ0n) is 14.4. The van der Waals surface area contributed by atoms with Crippen LogP contribution in [0, 0.1) is 17.3 Å². The molecule has 1 saturated carbocycles. The van der Waals surface area contributed by atoms with E-state index in [-0.39, 0.29) is 35.1 Å². The lowest BCUT2D eigenvalue weighted by molar-refractivity contribution is -0.130. The van der Waals surface area contributed by atoms with Crippen molar-refractivity contribution in [3.8, 4) is 0 Å². The second kappa shape index (κ2) is 6.63. The monoisotopic (exact) mass is 294 g/mol. The van der Waals surface area contributed by atoms with Crippen molar-refractivity contribution in [3.05, 3.63) is 11.6 Å². The minimum Gasteiger partial charge on any atom is -0.352 e. The number of nitrogens with one attached hydrogen (secondary N) is 2. The van der Waals surface area contributed by atoms with Crippen LogP contribution in [0.5, 0.6) is 0 Å². The standard InChI is InChI=1S/C17H30N2O2/c1-8-11(4)18-15(20)12(5)19-16(21)14-13(9-10(2)3)17(14,6)7/h9,11-14H,8H2,1-7H3,(H,18,20)(H,19,21)/t11-,12-,13+,14-/m0/s1. The van der Waals surface area contributed by atoms with Gasteiger partial charge < -0.3 is 10.6 Å². The van der Waals surface area contributed by atoms with Crippen LogP contribution < -0.4 is 10.6 Å². The third kappa shape index (κ3) is 4.32. The largest absolute Gasteiger partial charge is 0.352 e. The molecule has 0 bridgehead atoms. The fourth-order valence-corrected chi connectivity index (χ4v) is 2.69. The average molecular weight is 294 g/mol. The van der Waals surface area contributed by atoms with Crippen LogP contribution in [0.4, 0.5) is 0 Å². The summed E-state index contributed by atoms with van der Waals surface area (Å²) in [5.74, 6) is 0.0998. The molecule has 0 aromatic rings. The molecule has 1 fully saturated rings. The quantitative estimate of drug-likeness (QED) is 0.740. The highest BCUT2D eigenvalue weighted by Gasteiger charge is 2.60. The predicted octanol–water partition coefficient (Wildman–Crippen LogP) is 2.64. The number of hydrogen-bond acceptors (Lipinski definition) is 2. The molecule has 0 aromatic heterocycles. The highest BCUT2D eigenvalue weighted by Crippen LogP contribution is 2.59. The molecule has 1 rings (SSSR count). The average Bonchev–Trinajstić information content (AvgIpc) is 2.89. The molecule has 2 N–H and O–H groups in total. The predicted molar refractivity (Wildman–Crippen MR) is 85.7 cm³/mol. The van der Waals surface area contributed by atoms with Crippen LogP contribution in [0.25, 0.3) is 0 Å². The summed E-state index contributed by atoms with van der Waals surface area (Å²) < 4.78 is 0. The number of allylic oxidation sites excluding steroid dienone is 2. The number of rotatable bonds is 6. The summed E-state index contributed by atoms with van der Waals surface area (Å²) in [6.45, 7) is 14.0. The van der Waals surface area contributed by atoms with Gasteiger partial charge in [0.25, 0.3) is 0 Å². The van der Waals surface area contributed by atoms with Crippen LogP contribution in [-0.2, 0) is 9.59 Å². The smallest absolute Gasteiger partial charge is 0.242 e. The van der Waals surface area contributed by atoms with Gasteiger partial charge in [0.2, 0.25) is 11.8 Å². The Morgan fingerprint density at radius 3 is 2.24 bits per heavy atom. The Morgan fingerprint density at radius 2 is 1.76 bits per heavy atom. The van der Waals surface area contributed by atoms with E-state index in [0.29, 0.717) is 0 Å². The molecule has 0 heterocycles. The van der Waals surface area contributed by atoms with Crippen molar-refractivity contribution in [2.75, 3.05) is 0 Å². The van der Waals surface area contributed by atoms with Crippen LogP contribution in [0.15, 0.2) is 11.6 Å². The molecule has 0 radical (unpaired) electrons. The molecule has 120 valence electrons. The molecule has 2 amide bonds. The Balaban J connectivity index is 2.58. The van der Waals surface area contributed by atoms with Crippen LogP contribution in [0.3, 0.4) is 0 Å². The van der Waals surface area contributed by atoms with Gasteiger partial charge in [0.1, 0.15) is 6.04 Å². The first-order valence-corrected chi connectivity index (χ1v) is 7.87. The second-order valence-corrected chi connectivity index (χ2v) is 7.12. The summed E-state index contributed by atoms with van der Waals surface area (Å²) in [6, 6.07) is -0.358. The topological polar surface area (TPSA) is 58.2 Å². The molecule has 1 aliphatic carbocycles. The third-order valence-corrected chi connectivity index (χ3v) is 4.46. The maximum absolute atomic E-state index is 12.4. The van der Waals surface area contributed by atoms with Crippen LogP contribution in [0.2, 0.25) is 0 Å². The van der Waals surface area contributed by atoms with Gasteiger partial charge in [-0.1, -0.05) is 32.4 Å². The zero-order chi connectivity index (χ0) is 16.4. The van der Waals surface area contributed by atoms with E-state index in [1.807, 2.05) is 27.7 Å². The molecule has 0 unspecified atom stereocenters. The van der Waals surface area contributed by atoms with E-state index in [9.17, 15) is 9.59 Å². The van der Waals surface area contributed by atoms with Crippen molar-refractivity contribution in [1.29, 1.82) is 0 Å². The van der Waals surface area contributed by atoms with Gasteiger partial charge in [-0.25, -0.2) is 0 Å². The van der Waals surface area contributed by atoms with E-state index in [0.717, 1.165) is 6.42 Å². The Hall–Kier alpha value is -1.32. The lowest BCUT2D eigenvalue weighted by Gasteiger charge is -2.17. The molecule has 1 aliphatic rings. The minimum atomic E-state index is -0.491. The minimum absolute atomic E-state index is 0.0192. The molecule has 0 saturated heterocycles. The molecule has 0 spiro atoms. The van der Waals surface area contributed by atoms with E-state index in [1.165, 1.54) is 5.57 Å². The summed E-state index contributed by atoms with van der Waals surface area (Å²) in [6.07, 6.45) is 3.04. The van der Waals surface area contributed by atoms with Crippen molar-refractivity contribution in [2.45, 2.75) is 67.0 Å². The van der Waals surface area contributed by atoms with Crippen molar-refractivity contribution >= 4 is 11.8 Å². The van der Waals surface area contributed by atoms with Gasteiger partial charge in [0.15, 0.2) is 0 Å². The summed E-state index contributed by atoms with van der Waals surface area (Å²) in [5, 5.41) is 5.74. The normalized spacial score (nSPS) is 25.5. The molecular weight excluding hydrogens is 264 g/mol. The van der Waals surface area contributed by atoms with Gasteiger partial charge in [-0.15, -0.1) is 0 Å². The summed E-state index contributed by atoms with van der Waals surface area (Å²) in [4.78, 5) is 24.3. The lowest BCUT2D eigenvalue weighted by Crippen LogP contribution is -2.48. The number of carbonyl (C=O) groups excluding carboxylic acids is 2. The second-order valence-electron chi connectivity index (χ2n) is 7.12. The van der Waals surface area contributed by atoms with Gasteiger partial charge in [-0.05, 0) is 45.4 Å². The third-order valence-electron chi connectivity index (χ3n) is 4.46. The zero-order valence-corrected chi connectivity index (χ0v) is 14.4. The van der Waals surface area contributed by atoms with Crippen molar-refractivity contribution in [2.24, 2.45) is 17.3 Å². The van der Waals surface area contributed by atoms with Crippen molar-refractivity contribution < 1.29 is 9.59 Å². The molecular formula is C17H30N2O2. The first-order chi connectivity index (χ1) is 9.61. The number of amides is 2. The van der Waals surface area contributed by atoms with Crippen LogP contribution in [-0.4, -0.2) is 23.9 Å². The van der Waals surface area contributed by atoms with E-state index < -0.39 is 6.04 Å². The number of hydrogen-bond donors (Lipinski definition) is 2. The fourth-order valence-electron chi connectivity index (χ4n) is 2.69. The van der Waals surface area contributed by atoms with Gasteiger partial charge >= 0.3 is 0 Å². The molecule has 4 nitrogen and oxygen atoms in total. The van der Waals surface area contributed by atoms with Gasteiger partial charge in [0.05, 0.1) is 5.92 Å². The Labute approximate surface area is 128 Å². The number of carbonyl (C=O) groups is 2. The highest BCUT2D eigenvalue weighted by molar-refractivity contribution is 5.90. The molecule has 21 heavy (non-hydrogen) atoms. The van der Waals surface area contributed by atoms with E-state index >= 15 is 0 Å². The first kappa shape index (κ1) is 17.7.